The second kappa shape index (κ2) is 16.7. The Morgan fingerprint density at radius 1 is 0.837 bits per heavy atom. The number of carbonyl (C=O) groups is 2. The van der Waals surface area contributed by atoms with Crippen molar-refractivity contribution in [1.29, 1.82) is 0 Å². The van der Waals surface area contributed by atoms with Crippen molar-refractivity contribution in [2.24, 2.45) is 0 Å². The molecule has 0 unspecified atom stereocenters. The first-order valence-corrected chi connectivity index (χ1v) is 14.7. The molecule has 7 nitrogen and oxygen atoms in total. The number of nitrogens with zero attached hydrogens (tertiary/aromatic N) is 3. The molecule has 0 saturated heterocycles. The molecule has 0 aliphatic heterocycles. The number of ether oxygens (including phenoxy) is 2. The van der Waals surface area contributed by atoms with Crippen LogP contribution in [-0.2, 0) is 34.0 Å². The van der Waals surface area contributed by atoms with E-state index in [-0.39, 0.29) is 18.4 Å². The third-order valence-corrected chi connectivity index (χ3v) is 7.11. The predicted octanol–water partition coefficient (Wildman–Crippen LogP) is 6.04. The average molecular weight is 580 g/mol. The van der Waals surface area contributed by atoms with Gasteiger partial charge in [-0.25, -0.2) is 0 Å². The van der Waals surface area contributed by atoms with Crippen LogP contribution in [0.3, 0.4) is 0 Å². The van der Waals surface area contributed by atoms with Gasteiger partial charge in [0.05, 0.1) is 13.7 Å². The molecule has 2 amide bonds. The summed E-state index contributed by atoms with van der Waals surface area (Å²) < 4.78 is 13.1. The first kappa shape index (κ1) is 31.3. The lowest BCUT2D eigenvalue weighted by Crippen LogP contribution is -2.42. The summed E-state index contributed by atoms with van der Waals surface area (Å²) in [5, 5.41) is 0. The van der Waals surface area contributed by atoms with Gasteiger partial charge in [0.1, 0.15) is 12.3 Å². The minimum absolute atomic E-state index is 0.0203. The Balaban J connectivity index is 1.53. The second-order valence-corrected chi connectivity index (χ2v) is 10.3. The molecule has 1 aromatic heterocycles. The molecule has 4 aromatic rings. The third-order valence-electron chi connectivity index (χ3n) is 7.11. The van der Waals surface area contributed by atoms with Crippen LogP contribution in [0.2, 0.25) is 0 Å². The molecular formula is C36H41N3O4. The number of hydrogen-bond acceptors (Lipinski definition) is 4. The SMILES string of the molecule is CCOCCCN(CC(=O)N(Cc1ccccc1)Cc1cccn1Cc1cccc(OC)c1)C(=O)/C=C/c1ccccc1. The Kier molecular flexibility index (Phi) is 12.2. The summed E-state index contributed by atoms with van der Waals surface area (Å²) in [6.07, 6.45) is 6.01. The van der Waals surface area contributed by atoms with Gasteiger partial charge in [-0.05, 0) is 60.4 Å². The van der Waals surface area contributed by atoms with Gasteiger partial charge in [0.25, 0.3) is 0 Å². The average Bonchev–Trinajstić information content (AvgIpc) is 3.48. The van der Waals surface area contributed by atoms with E-state index in [1.54, 1.807) is 24.2 Å². The topological polar surface area (TPSA) is 64.0 Å². The zero-order valence-electron chi connectivity index (χ0n) is 25.1. The maximum Gasteiger partial charge on any atom is 0.247 e. The summed E-state index contributed by atoms with van der Waals surface area (Å²) in [6, 6.07) is 31.7. The monoisotopic (exact) mass is 579 g/mol. The van der Waals surface area contributed by atoms with Crippen molar-refractivity contribution in [2.75, 3.05) is 33.4 Å². The number of methoxy groups -OCH3 is 1. The van der Waals surface area contributed by atoms with Gasteiger partial charge >= 0.3 is 0 Å². The Morgan fingerprint density at radius 2 is 1.58 bits per heavy atom. The van der Waals surface area contributed by atoms with E-state index < -0.39 is 0 Å². The van der Waals surface area contributed by atoms with Gasteiger partial charge in [-0.1, -0.05) is 72.8 Å². The Hall–Kier alpha value is -4.62. The fourth-order valence-corrected chi connectivity index (χ4v) is 4.82. The molecule has 7 heteroatoms. The minimum Gasteiger partial charge on any atom is -0.497 e. The zero-order valence-corrected chi connectivity index (χ0v) is 25.1. The third kappa shape index (κ3) is 10.0. The van der Waals surface area contributed by atoms with Crippen LogP contribution in [0.5, 0.6) is 5.75 Å². The number of aromatic nitrogens is 1. The molecule has 3 aromatic carbocycles. The lowest BCUT2D eigenvalue weighted by Gasteiger charge is -2.28. The highest BCUT2D eigenvalue weighted by Crippen LogP contribution is 2.17. The largest absolute Gasteiger partial charge is 0.497 e. The van der Waals surface area contributed by atoms with E-state index in [1.807, 2.05) is 109 Å². The quantitative estimate of drug-likeness (QED) is 0.120. The van der Waals surface area contributed by atoms with Crippen LogP contribution in [0.1, 0.15) is 35.7 Å². The van der Waals surface area contributed by atoms with Gasteiger partial charge in [-0.3, -0.25) is 9.59 Å². The normalized spacial score (nSPS) is 11.0. The van der Waals surface area contributed by atoms with Crippen molar-refractivity contribution in [3.8, 4) is 5.75 Å². The minimum atomic E-state index is -0.199. The number of amides is 2. The highest BCUT2D eigenvalue weighted by atomic mass is 16.5. The van der Waals surface area contributed by atoms with Crippen LogP contribution in [-0.4, -0.2) is 59.6 Å². The van der Waals surface area contributed by atoms with Gasteiger partial charge in [0.15, 0.2) is 0 Å². The van der Waals surface area contributed by atoms with Crippen LogP contribution in [0.15, 0.2) is 109 Å². The van der Waals surface area contributed by atoms with Crippen molar-refractivity contribution >= 4 is 17.9 Å². The molecule has 0 saturated carbocycles. The highest BCUT2D eigenvalue weighted by molar-refractivity contribution is 5.94. The Morgan fingerprint density at radius 3 is 2.33 bits per heavy atom. The number of hydrogen-bond donors (Lipinski definition) is 0. The van der Waals surface area contributed by atoms with Gasteiger partial charge in [0.2, 0.25) is 11.8 Å². The second-order valence-electron chi connectivity index (χ2n) is 10.3. The molecule has 0 spiro atoms. The number of rotatable bonds is 16. The Bertz CT molecular complexity index is 1450. The van der Waals surface area contributed by atoms with E-state index in [1.165, 1.54) is 0 Å². The zero-order chi connectivity index (χ0) is 30.3. The molecule has 0 radical (unpaired) electrons. The van der Waals surface area contributed by atoms with E-state index in [0.29, 0.717) is 45.8 Å². The molecule has 0 N–H and O–H groups in total. The summed E-state index contributed by atoms with van der Waals surface area (Å²) >= 11 is 0. The number of benzene rings is 3. The predicted molar refractivity (Wildman–Crippen MR) is 170 cm³/mol. The maximum atomic E-state index is 14.0. The molecule has 1 heterocycles. The first-order chi connectivity index (χ1) is 21.1. The molecule has 224 valence electrons. The van der Waals surface area contributed by atoms with Gasteiger partial charge < -0.3 is 23.8 Å². The molecule has 0 bridgehead atoms. The molecular weight excluding hydrogens is 538 g/mol. The summed E-state index contributed by atoms with van der Waals surface area (Å²) in [5.74, 6) is 0.494. The van der Waals surface area contributed by atoms with Crippen molar-refractivity contribution in [3.05, 3.63) is 132 Å². The van der Waals surface area contributed by atoms with E-state index in [0.717, 1.165) is 28.1 Å². The molecule has 4 rings (SSSR count). The summed E-state index contributed by atoms with van der Waals surface area (Å²) in [4.78, 5) is 30.7. The van der Waals surface area contributed by atoms with Gasteiger partial charge in [-0.2, -0.15) is 0 Å². The van der Waals surface area contributed by atoms with Crippen molar-refractivity contribution < 1.29 is 19.1 Å². The van der Waals surface area contributed by atoms with Crippen LogP contribution >= 0.6 is 0 Å². The van der Waals surface area contributed by atoms with E-state index in [2.05, 4.69) is 10.6 Å². The highest BCUT2D eigenvalue weighted by Gasteiger charge is 2.22. The Labute approximate surface area is 255 Å². The molecule has 0 fully saturated rings. The maximum absolute atomic E-state index is 14.0. The van der Waals surface area contributed by atoms with Crippen molar-refractivity contribution in [1.82, 2.24) is 14.4 Å². The lowest BCUT2D eigenvalue weighted by atomic mass is 10.2. The van der Waals surface area contributed by atoms with Crippen LogP contribution in [0.25, 0.3) is 6.08 Å². The molecule has 0 aliphatic rings. The lowest BCUT2D eigenvalue weighted by molar-refractivity contribution is -0.139. The standard InChI is InChI=1S/C36H41N3O4/c1-3-43-24-12-23-38(35(40)21-20-30-13-6-4-7-14-30)29-36(41)39(26-31-15-8-5-9-16-31)28-33-18-11-22-37(33)27-32-17-10-19-34(25-32)42-2/h4-11,13-22,25H,3,12,23-24,26-29H2,1-2H3/b21-20+. The number of carbonyl (C=O) groups excluding carboxylic acids is 2. The van der Waals surface area contributed by atoms with Gasteiger partial charge in [0, 0.05) is 50.8 Å². The fourth-order valence-electron chi connectivity index (χ4n) is 4.82. The van der Waals surface area contributed by atoms with Crippen molar-refractivity contribution in [2.45, 2.75) is 33.0 Å². The van der Waals surface area contributed by atoms with Crippen molar-refractivity contribution in [3.63, 3.8) is 0 Å². The van der Waals surface area contributed by atoms with E-state index >= 15 is 0 Å². The summed E-state index contributed by atoms with van der Waals surface area (Å²) in [6.45, 7) is 4.99. The van der Waals surface area contributed by atoms with E-state index in [9.17, 15) is 9.59 Å². The summed E-state index contributed by atoms with van der Waals surface area (Å²) in [5.41, 5.74) is 4.07. The van der Waals surface area contributed by atoms with Gasteiger partial charge in [-0.15, -0.1) is 0 Å². The van der Waals surface area contributed by atoms with Crippen LogP contribution in [0, 0.1) is 0 Å². The van der Waals surface area contributed by atoms with Crippen LogP contribution in [0.4, 0.5) is 0 Å². The smallest absolute Gasteiger partial charge is 0.247 e. The fraction of sp³-hybridized carbons (Fsp3) is 0.278. The summed E-state index contributed by atoms with van der Waals surface area (Å²) in [7, 11) is 1.66. The molecule has 0 aliphatic carbocycles. The molecule has 0 atom stereocenters. The first-order valence-electron chi connectivity index (χ1n) is 14.7. The van der Waals surface area contributed by atoms with Crippen LogP contribution < -0.4 is 4.74 Å². The molecule has 43 heavy (non-hydrogen) atoms. The van der Waals surface area contributed by atoms with E-state index in [4.69, 9.17) is 9.47 Å².